The lowest BCUT2D eigenvalue weighted by Gasteiger charge is -2.09. The summed E-state index contributed by atoms with van der Waals surface area (Å²) in [5.74, 6) is 1.15. The largest absolute Gasteiger partial charge is 0.459 e. The molecule has 6 nitrogen and oxygen atoms in total. The Hall–Kier alpha value is -3.41. The summed E-state index contributed by atoms with van der Waals surface area (Å²) in [4.78, 5) is 28.4. The number of hydrogen-bond acceptors (Lipinski definition) is 5. The second kappa shape index (κ2) is 10.1. The van der Waals surface area contributed by atoms with E-state index in [0.717, 1.165) is 5.56 Å². The van der Waals surface area contributed by atoms with Crippen LogP contribution in [0.3, 0.4) is 0 Å². The Morgan fingerprint density at radius 1 is 1.00 bits per heavy atom. The minimum absolute atomic E-state index is 0.154. The number of carbonyl (C=O) groups excluding carboxylic acids is 2. The van der Waals surface area contributed by atoms with Crippen molar-refractivity contribution in [3.8, 4) is 11.3 Å². The molecule has 0 saturated carbocycles. The highest BCUT2D eigenvalue weighted by Gasteiger charge is 2.12. The van der Waals surface area contributed by atoms with Gasteiger partial charge in [-0.25, -0.2) is 9.78 Å². The lowest BCUT2D eigenvalue weighted by Crippen LogP contribution is -2.13. The predicted molar refractivity (Wildman–Crippen MR) is 120 cm³/mol. The van der Waals surface area contributed by atoms with E-state index in [-0.39, 0.29) is 24.4 Å². The molecule has 1 aromatic heterocycles. The van der Waals surface area contributed by atoms with E-state index in [1.165, 1.54) is 5.56 Å². The summed E-state index contributed by atoms with van der Waals surface area (Å²) in [7, 11) is 0. The van der Waals surface area contributed by atoms with Gasteiger partial charge < -0.3 is 14.5 Å². The van der Waals surface area contributed by atoms with Gasteiger partial charge in [0, 0.05) is 24.1 Å². The summed E-state index contributed by atoms with van der Waals surface area (Å²) in [6.45, 7) is 7.90. The Morgan fingerprint density at radius 2 is 1.68 bits per heavy atom. The van der Waals surface area contributed by atoms with Gasteiger partial charge in [-0.05, 0) is 49.6 Å². The number of rotatable bonds is 8. The van der Waals surface area contributed by atoms with Crippen LogP contribution in [0.4, 0.5) is 5.69 Å². The van der Waals surface area contributed by atoms with Crippen molar-refractivity contribution in [1.82, 2.24) is 4.98 Å². The van der Waals surface area contributed by atoms with Gasteiger partial charge in [-0.15, -0.1) is 0 Å². The third kappa shape index (κ3) is 6.28. The van der Waals surface area contributed by atoms with Crippen LogP contribution in [0.25, 0.3) is 11.3 Å². The molecule has 0 aliphatic rings. The van der Waals surface area contributed by atoms with Crippen LogP contribution in [0.2, 0.25) is 0 Å². The normalized spacial score (nSPS) is 11.0. The van der Waals surface area contributed by atoms with Crippen LogP contribution in [0, 0.1) is 0 Å². The zero-order valence-electron chi connectivity index (χ0n) is 18.3. The number of hydrogen-bond donors (Lipinski definition) is 1. The number of oxazole rings is 1. The van der Waals surface area contributed by atoms with E-state index in [0.29, 0.717) is 35.2 Å². The molecule has 2 aromatic carbocycles. The van der Waals surface area contributed by atoms with Crippen molar-refractivity contribution in [2.24, 2.45) is 0 Å². The van der Waals surface area contributed by atoms with Gasteiger partial charge >= 0.3 is 5.97 Å². The monoisotopic (exact) mass is 420 g/mol. The molecule has 0 fully saturated rings. The van der Waals surface area contributed by atoms with Crippen molar-refractivity contribution < 1.29 is 18.7 Å². The molecule has 0 spiro atoms. The molecule has 162 valence electrons. The molecular weight excluding hydrogens is 392 g/mol. The van der Waals surface area contributed by atoms with Crippen LogP contribution < -0.4 is 5.32 Å². The summed E-state index contributed by atoms with van der Waals surface area (Å²) >= 11 is 0. The van der Waals surface area contributed by atoms with Crippen LogP contribution in [0.5, 0.6) is 0 Å². The molecule has 0 aliphatic carbocycles. The minimum Gasteiger partial charge on any atom is -0.459 e. The number of esters is 1. The van der Waals surface area contributed by atoms with Gasteiger partial charge in [0.1, 0.15) is 0 Å². The number of anilines is 1. The molecule has 0 saturated heterocycles. The second-order valence-corrected chi connectivity index (χ2v) is 7.97. The molecule has 0 bridgehead atoms. The molecular formula is C25H28N2O4. The van der Waals surface area contributed by atoms with Crippen molar-refractivity contribution in [2.45, 2.75) is 52.6 Å². The second-order valence-electron chi connectivity index (χ2n) is 7.97. The lowest BCUT2D eigenvalue weighted by atomic mass is 10.0. The van der Waals surface area contributed by atoms with Gasteiger partial charge in [0.25, 0.3) is 0 Å². The topological polar surface area (TPSA) is 81.4 Å². The standard InChI is InChI=1S/C25H28N2O4/c1-16(2)18-5-7-19(8-6-18)22-15-26-24(31-22)14-13-23(28)27-21-11-9-20(10-12-21)25(29)30-17(3)4/h5-12,15-17H,13-14H2,1-4H3,(H,27,28). The number of ether oxygens (including phenoxy) is 1. The maximum atomic E-state index is 12.3. The fraction of sp³-hybridized carbons (Fsp3) is 0.320. The maximum Gasteiger partial charge on any atom is 0.338 e. The van der Waals surface area contributed by atoms with E-state index in [1.54, 1.807) is 44.3 Å². The number of nitrogens with one attached hydrogen (secondary N) is 1. The molecule has 1 N–H and O–H groups in total. The minimum atomic E-state index is -0.383. The van der Waals surface area contributed by atoms with E-state index in [9.17, 15) is 9.59 Å². The fourth-order valence-electron chi connectivity index (χ4n) is 3.01. The van der Waals surface area contributed by atoms with Gasteiger partial charge in [-0.2, -0.15) is 0 Å². The highest BCUT2D eigenvalue weighted by Crippen LogP contribution is 2.24. The predicted octanol–water partition coefficient (Wildman–Crippen LogP) is 5.60. The van der Waals surface area contributed by atoms with Crippen LogP contribution in [-0.4, -0.2) is 23.0 Å². The van der Waals surface area contributed by atoms with E-state index in [1.807, 2.05) is 12.1 Å². The summed E-state index contributed by atoms with van der Waals surface area (Å²) in [5, 5.41) is 2.81. The first-order valence-corrected chi connectivity index (χ1v) is 10.5. The first kappa shape index (κ1) is 22.3. The summed E-state index contributed by atoms with van der Waals surface area (Å²) in [6.07, 6.45) is 2.15. The molecule has 1 amide bonds. The SMILES string of the molecule is CC(C)OC(=O)c1ccc(NC(=O)CCc2ncc(-c3ccc(C(C)C)cc3)o2)cc1. The van der Waals surface area contributed by atoms with Crippen LogP contribution in [0.1, 0.15) is 61.8 Å². The molecule has 3 rings (SSSR count). The average molecular weight is 421 g/mol. The molecule has 0 unspecified atom stereocenters. The fourth-order valence-corrected chi connectivity index (χ4v) is 3.01. The van der Waals surface area contributed by atoms with Crippen LogP contribution in [0.15, 0.2) is 59.1 Å². The number of amides is 1. The Morgan fingerprint density at radius 3 is 2.29 bits per heavy atom. The lowest BCUT2D eigenvalue weighted by molar-refractivity contribution is -0.116. The molecule has 0 aliphatic heterocycles. The van der Waals surface area contributed by atoms with Crippen molar-refractivity contribution in [2.75, 3.05) is 5.32 Å². The Labute approximate surface area is 182 Å². The van der Waals surface area contributed by atoms with Gasteiger partial charge in [-0.1, -0.05) is 38.1 Å². The Bertz CT molecular complexity index is 1020. The quantitative estimate of drug-likeness (QED) is 0.480. The van der Waals surface area contributed by atoms with Gasteiger partial charge in [-0.3, -0.25) is 4.79 Å². The van der Waals surface area contributed by atoms with Gasteiger partial charge in [0.2, 0.25) is 5.91 Å². The highest BCUT2D eigenvalue weighted by atomic mass is 16.5. The van der Waals surface area contributed by atoms with Crippen LogP contribution >= 0.6 is 0 Å². The van der Waals surface area contributed by atoms with E-state index in [2.05, 4.69) is 36.3 Å². The van der Waals surface area contributed by atoms with Crippen LogP contribution in [-0.2, 0) is 16.0 Å². The first-order chi connectivity index (χ1) is 14.8. The summed E-state index contributed by atoms with van der Waals surface area (Å²) in [6, 6.07) is 14.8. The molecule has 0 atom stereocenters. The third-order valence-corrected chi connectivity index (χ3v) is 4.73. The highest BCUT2D eigenvalue weighted by molar-refractivity contribution is 5.93. The number of benzene rings is 2. The van der Waals surface area contributed by atoms with Crippen molar-refractivity contribution >= 4 is 17.6 Å². The summed E-state index contributed by atoms with van der Waals surface area (Å²) < 4.78 is 11.0. The Balaban J connectivity index is 1.51. The van der Waals surface area contributed by atoms with Crippen molar-refractivity contribution in [3.05, 3.63) is 71.7 Å². The summed E-state index contributed by atoms with van der Waals surface area (Å²) in [5.41, 5.74) is 3.29. The third-order valence-electron chi connectivity index (χ3n) is 4.73. The van der Waals surface area contributed by atoms with Gasteiger partial charge in [0.05, 0.1) is 17.9 Å². The molecule has 3 aromatic rings. The van der Waals surface area contributed by atoms with E-state index in [4.69, 9.17) is 9.15 Å². The number of aromatic nitrogens is 1. The average Bonchev–Trinajstić information content (AvgIpc) is 3.21. The molecule has 0 radical (unpaired) electrons. The Kier molecular flexibility index (Phi) is 7.23. The number of carbonyl (C=O) groups is 2. The van der Waals surface area contributed by atoms with E-state index < -0.39 is 0 Å². The first-order valence-electron chi connectivity index (χ1n) is 10.5. The van der Waals surface area contributed by atoms with Gasteiger partial charge in [0.15, 0.2) is 11.7 Å². The zero-order valence-corrected chi connectivity index (χ0v) is 18.3. The molecule has 31 heavy (non-hydrogen) atoms. The smallest absolute Gasteiger partial charge is 0.338 e. The van der Waals surface area contributed by atoms with Crippen molar-refractivity contribution in [3.63, 3.8) is 0 Å². The van der Waals surface area contributed by atoms with Crippen molar-refractivity contribution in [1.29, 1.82) is 0 Å². The number of nitrogens with zero attached hydrogens (tertiary/aromatic N) is 1. The zero-order chi connectivity index (χ0) is 22.4. The maximum absolute atomic E-state index is 12.3. The number of aryl methyl sites for hydroxylation is 1. The van der Waals surface area contributed by atoms with E-state index >= 15 is 0 Å². The molecule has 1 heterocycles. The molecule has 6 heteroatoms.